The Balaban J connectivity index is 1.60. The van der Waals surface area contributed by atoms with E-state index in [1.807, 2.05) is 33.0 Å². The first-order valence-corrected chi connectivity index (χ1v) is 11.9. The summed E-state index contributed by atoms with van der Waals surface area (Å²) in [5.41, 5.74) is 5.30. The number of ether oxygens (including phenoxy) is 1. The number of hydrogen-bond donors (Lipinski definition) is 1. The molecule has 6 heteroatoms. The van der Waals surface area contributed by atoms with Crippen LogP contribution in [0.2, 0.25) is 0 Å². The van der Waals surface area contributed by atoms with Gasteiger partial charge in [0.25, 0.3) is 0 Å². The van der Waals surface area contributed by atoms with Gasteiger partial charge in [0, 0.05) is 30.9 Å². The summed E-state index contributed by atoms with van der Waals surface area (Å²) >= 11 is 1.64. The van der Waals surface area contributed by atoms with Gasteiger partial charge >= 0.3 is 0 Å². The molecule has 1 N–H and O–H groups in total. The maximum atomic E-state index is 9.70. The van der Waals surface area contributed by atoms with Gasteiger partial charge in [-0.25, -0.2) is 4.98 Å². The number of aliphatic hydroxyl groups excluding tert-OH is 1. The number of β-amino-alcohol motifs (C(OH)–C–C–N with tert-alkyl or cyclic N) is 1. The number of aromatic nitrogens is 1. The van der Waals surface area contributed by atoms with Gasteiger partial charge in [0.2, 0.25) is 0 Å². The Morgan fingerprint density at radius 2 is 2.19 bits per heavy atom. The number of fused-ring (bicyclic) bond motifs is 1. The summed E-state index contributed by atoms with van der Waals surface area (Å²) in [7, 11) is 0. The largest absolute Gasteiger partial charge is 0.490 e. The Labute approximate surface area is 194 Å². The average molecular weight is 448 g/mol. The second-order valence-electron chi connectivity index (χ2n) is 8.57. The molecule has 32 heavy (non-hydrogen) atoms. The predicted molar refractivity (Wildman–Crippen MR) is 129 cm³/mol. The molecule has 0 saturated carbocycles. The molecular weight excluding hydrogens is 418 g/mol. The van der Waals surface area contributed by atoms with Gasteiger partial charge in [0.1, 0.15) is 16.8 Å². The molecule has 0 bridgehead atoms. The molecule has 2 aliphatic rings. The zero-order chi connectivity index (χ0) is 22.8. The van der Waals surface area contributed by atoms with E-state index in [4.69, 9.17) is 4.74 Å². The molecule has 1 atom stereocenters. The molecule has 166 valence electrons. The zero-order valence-electron chi connectivity index (χ0n) is 18.8. The summed E-state index contributed by atoms with van der Waals surface area (Å²) in [6.45, 7) is 11.2. The molecule has 2 heterocycles. The van der Waals surface area contributed by atoms with Gasteiger partial charge in [0.15, 0.2) is 0 Å². The molecular formula is C26H29N3O2S. The Hall–Kier alpha value is -2.72. The summed E-state index contributed by atoms with van der Waals surface area (Å²) in [6.07, 6.45) is 7.60. The van der Waals surface area contributed by atoms with E-state index in [1.165, 1.54) is 16.7 Å². The van der Waals surface area contributed by atoms with E-state index in [1.54, 1.807) is 17.4 Å². The normalized spacial score (nSPS) is 19.6. The van der Waals surface area contributed by atoms with Gasteiger partial charge in [-0.15, -0.1) is 11.3 Å². The third-order valence-corrected chi connectivity index (χ3v) is 7.08. The number of benzene rings is 1. The smallest absolute Gasteiger partial charge is 0.130 e. The fraction of sp³-hybridized carbons (Fsp3) is 0.385. The summed E-state index contributed by atoms with van der Waals surface area (Å²) in [6, 6.07) is 9.12. The number of aliphatic hydroxyl groups is 1. The summed E-state index contributed by atoms with van der Waals surface area (Å²) in [5, 5.41) is 20.1. The summed E-state index contributed by atoms with van der Waals surface area (Å²) in [4.78, 5) is 8.17. The van der Waals surface area contributed by atoms with Crippen LogP contribution in [-0.4, -0.2) is 40.3 Å². The number of nitrogens with zero attached hydrogens (tertiary/aromatic N) is 3. The molecule has 1 saturated heterocycles. The standard InChI is InChI=1S/C26H29N3O2S/c1-5-18(11-19(12-27)17(4)31-16(2)3)26-28-13-25(32-26)23-8-6-7-22-21(23)9-10-24(22)29-14-20(30)15-29/h5-8,11,13,16,20,24,30H,4,9-10,14-15H2,1-3H3/b18-5+,19-11-. The van der Waals surface area contributed by atoms with Crippen molar-refractivity contribution >= 4 is 16.9 Å². The lowest BCUT2D eigenvalue weighted by atomic mass is 9.99. The van der Waals surface area contributed by atoms with Gasteiger partial charge in [-0.3, -0.25) is 4.90 Å². The van der Waals surface area contributed by atoms with E-state index < -0.39 is 0 Å². The van der Waals surface area contributed by atoms with Crippen LogP contribution in [0, 0.1) is 11.3 Å². The van der Waals surface area contributed by atoms with E-state index >= 15 is 0 Å². The topological polar surface area (TPSA) is 69.4 Å². The quantitative estimate of drug-likeness (QED) is 0.356. The lowest BCUT2D eigenvalue weighted by Crippen LogP contribution is -2.51. The lowest BCUT2D eigenvalue weighted by Gasteiger charge is -2.40. The molecule has 1 aromatic heterocycles. The second kappa shape index (κ2) is 9.41. The lowest BCUT2D eigenvalue weighted by molar-refractivity contribution is -0.0251. The van der Waals surface area contributed by atoms with Crippen LogP contribution in [0.25, 0.3) is 16.0 Å². The highest BCUT2D eigenvalue weighted by Crippen LogP contribution is 2.43. The Morgan fingerprint density at radius 3 is 2.84 bits per heavy atom. The average Bonchev–Trinajstić information content (AvgIpc) is 3.39. The maximum Gasteiger partial charge on any atom is 0.130 e. The number of hydrogen-bond acceptors (Lipinski definition) is 6. The third-order valence-electron chi connectivity index (χ3n) is 6.00. The van der Waals surface area contributed by atoms with Crippen LogP contribution in [0.4, 0.5) is 0 Å². The highest BCUT2D eigenvalue weighted by Gasteiger charge is 2.36. The first kappa shape index (κ1) is 22.5. The molecule has 0 amide bonds. The van der Waals surface area contributed by atoms with Crippen molar-refractivity contribution in [2.24, 2.45) is 0 Å². The number of nitriles is 1. The number of likely N-dealkylation sites (tertiary alicyclic amines) is 1. The number of rotatable bonds is 7. The summed E-state index contributed by atoms with van der Waals surface area (Å²) < 4.78 is 5.61. The van der Waals surface area contributed by atoms with Gasteiger partial charge in [-0.05, 0) is 56.4 Å². The fourth-order valence-corrected chi connectivity index (χ4v) is 5.48. The van der Waals surface area contributed by atoms with Crippen molar-refractivity contribution in [3.63, 3.8) is 0 Å². The minimum absolute atomic E-state index is 0.0386. The Bertz CT molecular complexity index is 1120. The zero-order valence-corrected chi connectivity index (χ0v) is 19.7. The molecule has 0 spiro atoms. The second-order valence-corrected chi connectivity index (χ2v) is 9.60. The first-order valence-electron chi connectivity index (χ1n) is 11.1. The predicted octanol–water partition coefficient (Wildman–Crippen LogP) is 5.27. The summed E-state index contributed by atoms with van der Waals surface area (Å²) in [5.74, 6) is 0.377. The van der Waals surface area contributed by atoms with Crippen LogP contribution < -0.4 is 0 Å². The highest BCUT2D eigenvalue weighted by atomic mass is 32.1. The molecule has 1 aliphatic carbocycles. The van der Waals surface area contributed by atoms with Crippen molar-refractivity contribution in [1.82, 2.24) is 9.88 Å². The van der Waals surface area contributed by atoms with Crippen molar-refractivity contribution in [2.75, 3.05) is 13.1 Å². The van der Waals surface area contributed by atoms with Crippen LogP contribution in [0.1, 0.15) is 49.4 Å². The monoisotopic (exact) mass is 447 g/mol. The third kappa shape index (κ3) is 4.42. The Kier molecular flexibility index (Phi) is 6.61. The molecule has 2 aromatic rings. The van der Waals surface area contributed by atoms with Crippen LogP contribution in [0.15, 0.2) is 54.5 Å². The SMILES string of the molecule is C=C(OC(C)C)/C(C#N)=C\C(=C/C)c1ncc(-c2cccc3c2CCC3N2CC(O)C2)s1. The highest BCUT2D eigenvalue weighted by molar-refractivity contribution is 7.16. The van der Waals surface area contributed by atoms with Crippen molar-refractivity contribution in [3.8, 4) is 16.5 Å². The van der Waals surface area contributed by atoms with E-state index in [0.29, 0.717) is 17.4 Å². The number of thiazole rings is 1. The minimum atomic E-state index is -0.182. The van der Waals surface area contributed by atoms with Crippen molar-refractivity contribution in [1.29, 1.82) is 5.26 Å². The molecule has 1 aliphatic heterocycles. The molecule has 0 radical (unpaired) electrons. The minimum Gasteiger partial charge on any atom is -0.490 e. The first-order chi connectivity index (χ1) is 15.4. The van der Waals surface area contributed by atoms with Crippen LogP contribution in [0.3, 0.4) is 0 Å². The molecule has 1 aromatic carbocycles. The fourth-order valence-electron chi connectivity index (χ4n) is 4.46. The maximum absolute atomic E-state index is 9.70. The van der Waals surface area contributed by atoms with Crippen molar-refractivity contribution in [3.05, 3.63) is 70.6 Å². The molecule has 5 nitrogen and oxygen atoms in total. The molecule has 1 unspecified atom stereocenters. The van der Waals surface area contributed by atoms with Gasteiger partial charge < -0.3 is 9.84 Å². The van der Waals surface area contributed by atoms with Crippen LogP contribution in [-0.2, 0) is 11.2 Å². The van der Waals surface area contributed by atoms with Gasteiger partial charge in [-0.1, -0.05) is 30.9 Å². The number of allylic oxidation sites excluding steroid dienone is 4. The van der Waals surface area contributed by atoms with Gasteiger partial charge in [0.05, 0.1) is 22.7 Å². The molecule has 1 fully saturated rings. The van der Waals surface area contributed by atoms with E-state index in [0.717, 1.165) is 41.4 Å². The van der Waals surface area contributed by atoms with Crippen LogP contribution in [0.5, 0.6) is 0 Å². The molecule has 4 rings (SSSR count). The van der Waals surface area contributed by atoms with E-state index in [2.05, 4.69) is 40.7 Å². The van der Waals surface area contributed by atoms with E-state index in [-0.39, 0.29) is 12.2 Å². The van der Waals surface area contributed by atoms with Crippen LogP contribution >= 0.6 is 11.3 Å². The Morgan fingerprint density at radius 1 is 1.41 bits per heavy atom. The van der Waals surface area contributed by atoms with Crippen molar-refractivity contribution < 1.29 is 9.84 Å². The van der Waals surface area contributed by atoms with E-state index in [9.17, 15) is 10.4 Å². The van der Waals surface area contributed by atoms with Crippen molar-refractivity contribution in [2.45, 2.75) is 51.9 Å². The van der Waals surface area contributed by atoms with Gasteiger partial charge in [-0.2, -0.15) is 5.26 Å².